The summed E-state index contributed by atoms with van der Waals surface area (Å²) >= 11 is -0.157. The van der Waals surface area contributed by atoms with Crippen LogP contribution in [-0.4, -0.2) is 73.6 Å². The fourth-order valence-corrected chi connectivity index (χ4v) is 2.50. The van der Waals surface area contributed by atoms with Gasteiger partial charge in [-0.2, -0.15) is 0 Å². The summed E-state index contributed by atoms with van der Waals surface area (Å²) in [6.07, 6.45) is -0.230. The summed E-state index contributed by atoms with van der Waals surface area (Å²) in [6.45, 7) is 9.52. The minimum Gasteiger partial charge on any atom is -0.508 e. The number of thioether (sulfide) groups is 1. The average molecular weight is 414 g/mol. The molecule has 1 aromatic rings. The summed E-state index contributed by atoms with van der Waals surface area (Å²) in [4.78, 5) is 34.8. The van der Waals surface area contributed by atoms with E-state index >= 15 is 0 Å². The molecule has 0 saturated carbocycles. The van der Waals surface area contributed by atoms with Gasteiger partial charge in [-0.3, -0.25) is 4.90 Å². The first-order valence-corrected chi connectivity index (χ1v) is 9.40. The molecule has 0 atom stereocenters. The van der Waals surface area contributed by atoms with Crippen molar-refractivity contribution in [1.29, 1.82) is 0 Å². The van der Waals surface area contributed by atoms with Crippen LogP contribution >= 0.6 is 11.8 Å². The minimum atomic E-state index is -1.40. The van der Waals surface area contributed by atoms with Crippen LogP contribution in [0.15, 0.2) is 24.3 Å². The molecule has 0 spiro atoms. The molecule has 10 heteroatoms. The molecule has 0 unspecified atom stereocenters. The molecule has 2 rings (SSSR count). The normalized spacial score (nSPS) is 14.6. The predicted molar refractivity (Wildman–Crippen MR) is 105 cm³/mol. The van der Waals surface area contributed by atoms with E-state index in [-0.39, 0.29) is 23.6 Å². The standard InChI is InChI=1S/C16H24N2O3.C2H2O4S/c1-16(2,3)21-15(20)18-10-8-17(9-11-18)12-13-4-6-14(19)7-5-13;3-1(4)7-2(5)6/h4-7,19H,8-12H2,1-3H3;(H,3,4)(H,5,6). The van der Waals surface area contributed by atoms with E-state index in [1.165, 1.54) is 5.56 Å². The van der Waals surface area contributed by atoms with Crippen LogP contribution in [-0.2, 0) is 11.3 Å². The molecule has 0 radical (unpaired) electrons. The van der Waals surface area contributed by atoms with Gasteiger partial charge in [-0.1, -0.05) is 12.1 Å². The van der Waals surface area contributed by atoms with Gasteiger partial charge in [0.05, 0.1) is 11.8 Å². The SMILES string of the molecule is CC(C)(C)OC(=O)N1CCN(Cc2ccc(O)cc2)CC1.O=C(O)SC(=O)O. The summed E-state index contributed by atoms with van der Waals surface area (Å²) in [5.41, 5.74) is 0.721. The van der Waals surface area contributed by atoms with Crippen LogP contribution in [0.1, 0.15) is 26.3 Å². The lowest BCUT2D eigenvalue weighted by Crippen LogP contribution is -2.49. The molecule has 1 heterocycles. The number of benzene rings is 1. The number of phenols is 1. The molecule has 1 aliphatic heterocycles. The molecule has 1 aliphatic rings. The van der Waals surface area contributed by atoms with Gasteiger partial charge < -0.3 is 25.0 Å². The molecule has 1 amide bonds. The minimum absolute atomic E-state index is 0.157. The van der Waals surface area contributed by atoms with Gasteiger partial charge in [0.2, 0.25) is 0 Å². The maximum atomic E-state index is 12.0. The Balaban J connectivity index is 0.000000480. The molecule has 0 aromatic heterocycles. The molecule has 3 N–H and O–H groups in total. The lowest BCUT2D eigenvalue weighted by Gasteiger charge is -2.35. The maximum absolute atomic E-state index is 12.0. The Bertz CT molecular complexity index is 654. The van der Waals surface area contributed by atoms with Crippen LogP contribution < -0.4 is 0 Å². The fourth-order valence-electron chi connectivity index (χ4n) is 2.35. The Morgan fingerprint density at radius 1 is 1.00 bits per heavy atom. The smallest absolute Gasteiger partial charge is 0.410 e. The number of phenolic OH excluding ortho intramolecular Hbond substituents is 1. The number of aromatic hydroxyl groups is 1. The summed E-state index contributed by atoms with van der Waals surface area (Å²) in [5.74, 6) is 0.286. The number of ether oxygens (including phenoxy) is 1. The second-order valence-electron chi connectivity index (χ2n) is 7.04. The Kier molecular flexibility index (Phi) is 9.07. The molecular weight excluding hydrogens is 388 g/mol. The highest BCUT2D eigenvalue weighted by Crippen LogP contribution is 2.15. The van der Waals surface area contributed by atoms with Gasteiger partial charge in [0.1, 0.15) is 11.4 Å². The topological polar surface area (TPSA) is 128 Å². The first-order valence-electron chi connectivity index (χ1n) is 8.58. The predicted octanol–water partition coefficient (Wildman–Crippen LogP) is 3.52. The zero-order chi connectivity index (χ0) is 21.3. The molecule has 0 aliphatic carbocycles. The summed E-state index contributed by atoms with van der Waals surface area (Å²) in [6, 6.07) is 7.25. The van der Waals surface area contributed by atoms with Gasteiger partial charge in [-0.25, -0.2) is 14.4 Å². The number of hydrogen-bond donors (Lipinski definition) is 3. The van der Waals surface area contributed by atoms with Crippen molar-refractivity contribution in [2.75, 3.05) is 26.2 Å². The van der Waals surface area contributed by atoms with Crippen molar-refractivity contribution in [2.45, 2.75) is 32.9 Å². The van der Waals surface area contributed by atoms with E-state index in [4.69, 9.17) is 14.9 Å². The van der Waals surface area contributed by atoms with Gasteiger partial charge in [0, 0.05) is 32.7 Å². The van der Waals surface area contributed by atoms with Crippen molar-refractivity contribution in [1.82, 2.24) is 9.80 Å². The van der Waals surface area contributed by atoms with Crippen LogP contribution in [0, 0.1) is 0 Å². The Morgan fingerprint density at radius 3 is 1.89 bits per heavy atom. The molecule has 1 saturated heterocycles. The van der Waals surface area contributed by atoms with Gasteiger partial charge in [0.15, 0.2) is 0 Å². The Morgan fingerprint density at radius 2 is 1.50 bits per heavy atom. The summed E-state index contributed by atoms with van der Waals surface area (Å²) < 4.78 is 5.38. The zero-order valence-electron chi connectivity index (χ0n) is 16.1. The number of carbonyl (C=O) groups is 3. The van der Waals surface area contributed by atoms with Gasteiger partial charge in [-0.05, 0) is 38.5 Å². The molecule has 9 nitrogen and oxygen atoms in total. The summed E-state index contributed by atoms with van der Waals surface area (Å²) in [7, 11) is 0. The zero-order valence-corrected chi connectivity index (χ0v) is 16.9. The highest BCUT2D eigenvalue weighted by atomic mass is 32.2. The molecule has 1 fully saturated rings. The highest BCUT2D eigenvalue weighted by Gasteiger charge is 2.25. The molecule has 156 valence electrons. The van der Waals surface area contributed by atoms with E-state index in [0.29, 0.717) is 13.1 Å². The van der Waals surface area contributed by atoms with E-state index in [1.807, 2.05) is 32.9 Å². The molecular formula is C18H26N2O7S. The van der Waals surface area contributed by atoms with E-state index in [2.05, 4.69) is 4.90 Å². The van der Waals surface area contributed by atoms with E-state index in [0.717, 1.165) is 19.6 Å². The van der Waals surface area contributed by atoms with Crippen molar-refractivity contribution in [3.63, 3.8) is 0 Å². The van der Waals surface area contributed by atoms with Crippen molar-refractivity contribution in [2.24, 2.45) is 0 Å². The Labute approximate surface area is 167 Å². The lowest BCUT2D eigenvalue weighted by molar-refractivity contribution is 0.0139. The van der Waals surface area contributed by atoms with Gasteiger partial charge in [-0.15, -0.1) is 0 Å². The maximum Gasteiger partial charge on any atom is 0.410 e. The molecule has 28 heavy (non-hydrogen) atoms. The number of carbonyl (C=O) groups excluding carboxylic acids is 1. The van der Waals surface area contributed by atoms with E-state index in [1.54, 1.807) is 17.0 Å². The van der Waals surface area contributed by atoms with Crippen molar-refractivity contribution >= 4 is 28.5 Å². The fraction of sp³-hybridized carbons (Fsp3) is 0.500. The highest BCUT2D eigenvalue weighted by molar-refractivity contribution is 8.25. The lowest BCUT2D eigenvalue weighted by atomic mass is 10.2. The second-order valence-corrected chi connectivity index (χ2v) is 7.95. The number of nitrogens with zero attached hydrogens (tertiary/aromatic N) is 2. The van der Waals surface area contributed by atoms with E-state index < -0.39 is 16.2 Å². The third-order valence-electron chi connectivity index (χ3n) is 3.54. The van der Waals surface area contributed by atoms with Gasteiger partial charge >= 0.3 is 16.7 Å². The molecule has 1 aromatic carbocycles. The van der Waals surface area contributed by atoms with Crippen molar-refractivity contribution in [3.05, 3.63) is 29.8 Å². The second kappa shape index (κ2) is 10.8. The summed E-state index contributed by atoms with van der Waals surface area (Å²) in [5, 5.41) is 21.8. The monoisotopic (exact) mass is 414 g/mol. The van der Waals surface area contributed by atoms with Crippen LogP contribution in [0.25, 0.3) is 0 Å². The Hall–Kier alpha value is -2.46. The third-order valence-corrected chi connectivity index (χ3v) is 3.89. The van der Waals surface area contributed by atoms with Crippen molar-refractivity contribution < 1.29 is 34.4 Å². The quantitative estimate of drug-likeness (QED) is 0.666. The average Bonchev–Trinajstić information content (AvgIpc) is 2.55. The first kappa shape index (κ1) is 23.6. The van der Waals surface area contributed by atoms with Gasteiger partial charge in [0.25, 0.3) is 0 Å². The number of hydrogen-bond acceptors (Lipinski definition) is 7. The van der Waals surface area contributed by atoms with Crippen LogP contribution in [0.4, 0.5) is 14.4 Å². The number of rotatable bonds is 2. The van der Waals surface area contributed by atoms with E-state index in [9.17, 15) is 19.5 Å². The number of piperazine rings is 1. The van der Waals surface area contributed by atoms with Crippen LogP contribution in [0.5, 0.6) is 5.75 Å². The largest absolute Gasteiger partial charge is 0.508 e. The van der Waals surface area contributed by atoms with Crippen molar-refractivity contribution in [3.8, 4) is 5.75 Å². The van der Waals surface area contributed by atoms with Crippen LogP contribution in [0.3, 0.4) is 0 Å². The molecule has 0 bridgehead atoms. The van der Waals surface area contributed by atoms with Crippen LogP contribution in [0.2, 0.25) is 0 Å². The third kappa shape index (κ3) is 10.0. The number of carboxylic acid groups (broad SMARTS) is 2. The first-order chi connectivity index (χ1) is 13.0. The number of amides is 1.